The molecular weight excluding hydrogens is 528 g/mol. The van der Waals surface area contributed by atoms with Gasteiger partial charge < -0.3 is 44.6 Å². The average molecular weight is 563 g/mol. The molecule has 0 radical (unpaired) electrons. The first-order valence-electron chi connectivity index (χ1n) is 10.9. The molecule has 13 nitrogen and oxygen atoms in total. The van der Waals surface area contributed by atoms with Gasteiger partial charge in [0.25, 0.3) is 0 Å². The molecule has 0 unspecified atom stereocenters. The number of methoxy groups -OCH3 is 6. The Balaban J connectivity index is 0. The van der Waals surface area contributed by atoms with Gasteiger partial charge >= 0.3 is 23.9 Å². The van der Waals surface area contributed by atoms with Gasteiger partial charge in [-0.15, -0.1) is 0 Å². The number of benzene rings is 2. The third-order valence-corrected chi connectivity index (χ3v) is 3.95. The number of esters is 4. The van der Waals surface area contributed by atoms with Crippen molar-refractivity contribution in [1.29, 1.82) is 0 Å². The first kappa shape index (κ1) is 36.9. The molecule has 0 atom stereocenters. The van der Waals surface area contributed by atoms with E-state index < -0.39 is 23.9 Å². The van der Waals surface area contributed by atoms with Crippen molar-refractivity contribution >= 4 is 35.3 Å². The first-order chi connectivity index (χ1) is 19.1. The van der Waals surface area contributed by atoms with Crippen molar-refractivity contribution in [1.82, 2.24) is 0 Å². The van der Waals surface area contributed by atoms with Crippen LogP contribution in [0.15, 0.2) is 60.3 Å². The van der Waals surface area contributed by atoms with Crippen LogP contribution in [0.25, 0.3) is 0 Å². The second-order valence-electron chi connectivity index (χ2n) is 6.44. The minimum Gasteiger partial charge on any atom is -0.497 e. The second-order valence-corrected chi connectivity index (χ2v) is 6.44. The summed E-state index contributed by atoms with van der Waals surface area (Å²) in [6, 6.07) is 14.2. The molecule has 0 spiro atoms. The fraction of sp³-hybridized carbons (Fsp3) is 0.259. The fourth-order valence-electron chi connectivity index (χ4n) is 2.13. The number of aliphatic hydroxyl groups is 1. The van der Waals surface area contributed by atoms with Crippen molar-refractivity contribution in [3.8, 4) is 23.3 Å². The fourth-order valence-corrected chi connectivity index (χ4v) is 2.13. The molecule has 2 aromatic carbocycles. The van der Waals surface area contributed by atoms with E-state index in [1.54, 1.807) is 37.4 Å². The highest BCUT2D eigenvalue weighted by atomic mass is 16.5. The van der Waals surface area contributed by atoms with Crippen LogP contribution < -0.4 is 20.5 Å². The van der Waals surface area contributed by atoms with Gasteiger partial charge in [0.2, 0.25) is 0 Å². The van der Waals surface area contributed by atoms with E-state index in [1.165, 1.54) is 35.5 Å². The summed E-state index contributed by atoms with van der Waals surface area (Å²) in [5.41, 5.74) is 6.74. The van der Waals surface area contributed by atoms with Crippen molar-refractivity contribution in [2.45, 2.75) is 0 Å². The van der Waals surface area contributed by atoms with E-state index in [0.717, 1.165) is 24.6 Å². The molecule has 0 aliphatic heterocycles. The van der Waals surface area contributed by atoms with Gasteiger partial charge in [-0.05, 0) is 24.3 Å². The van der Waals surface area contributed by atoms with E-state index in [4.69, 9.17) is 20.3 Å². The number of hydrogen-bond acceptors (Lipinski definition) is 13. The summed E-state index contributed by atoms with van der Waals surface area (Å²) in [6.07, 6.45) is 1.02. The predicted octanol–water partition coefficient (Wildman–Crippen LogP) is 1.56. The molecule has 0 fully saturated rings. The number of carbonyl (C=O) groups excluding carboxylic acids is 4. The van der Waals surface area contributed by atoms with Crippen LogP contribution in [0.3, 0.4) is 0 Å². The SMILES string of the molecule is CO.COC(=O)/C=C(\Nc1cccc(OC)c1)C(=O)OC.COC(=O)C#CC(=O)OC.COc1cccc(N)c1. The Bertz CT molecular complexity index is 1150. The summed E-state index contributed by atoms with van der Waals surface area (Å²) in [6.45, 7) is 0. The summed E-state index contributed by atoms with van der Waals surface area (Å²) < 4.78 is 27.3. The molecule has 0 aliphatic rings. The Morgan fingerprint density at radius 1 is 0.750 bits per heavy atom. The zero-order valence-corrected chi connectivity index (χ0v) is 23.3. The number of aliphatic hydroxyl groups excluding tert-OH is 1. The molecule has 0 heterocycles. The third-order valence-electron chi connectivity index (χ3n) is 3.95. The number of rotatable bonds is 6. The smallest absolute Gasteiger partial charge is 0.384 e. The number of nitrogens with one attached hydrogen (secondary N) is 1. The van der Waals surface area contributed by atoms with Crippen LogP contribution in [0.2, 0.25) is 0 Å². The molecule has 2 aromatic rings. The van der Waals surface area contributed by atoms with Crippen LogP contribution in [0.1, 0.15) is 0 Å². The Kier molecular flexibility index (Phi) is 21.2. The second kappa shape index (κ2) is 22.9. The van der Waals surface area contributed by atoms with Gasteiger partial charge in [0.15, 0.2) is 0 Å². The monoisotopic (exact) mass is 562 g/mol. The third kappa shape index (κ3) is 17.3. The van der Waals surface area contributed by atoms with Crippen molar-refractivity contribution in [2.24, 2.45) is 0 Å². The molecule has 0 aliphatic carbocycles. The van der Waals surface area contributed by atoms with E-state index >= 15 is 0 Å². The lowest BCUT2D eigenvalue weighted by Gasteiger charge is -2.10. The summed E-state index contributed by atoms with van der Waals surface area (Å²) in [7, 11) is 8.95. The number of hydrogen-bond donors (Lipinski definition) is 3. The van der Waals surface area contributed by atoms with E-state index in [9.17, 15) is 19.2 Å². The lowest BCUT2D eigenvalue weighted by molar-refractivity contribution is -0.138. The minimum atomic E-state index is -0.759. The Morgan fingerprint density at radius 3 is 1.65 bits per heavy atom. The molecule has 13 heteroatoms. The average Bonchev–Trinajstić information content (AvgIpc) is 3.00. The normalized spacial score (nSPS) is 8.95. The molecular formula is C27H34N2O11. The molecule has 0 bridgehead atoms. The maximum atomic E-state index is 11.5. The van der Waals surface area contributed by atoms with Gasteiger partial charge in [-0.1, -0.05) is 12.1 Å². The Hall–Kier alpha value is -5.22. The highest BCUT2D eigenvalue weighted by molar-refractivity contribution is 5.99. The van der Waals surface area contributed by atoms with Crippen molar-refractivity contribution in [2.75, 3.05) is 60.8 Å². The van der Waals surface area contributed by atoms with Gasteiger partial charge in [0.05, 0.1) is 48.7 Å². The van der Waals surface area contributed by atoms with Crippen LogP contribution in [0.4, 0.5) is 11.4 Å². The maximum Gasteiger partial charge on any atom is 0.384 e. The van der Waals surface area contributed by atoms with Gasteiger partial charge in [0, 0.05) is 42.5 Å². The van der Waals surface area contributed by atoms with Gasteiger partial charge in [-0.25, -0.2) is 19.2 Å². The summed E-state index contributed by atoms with van der Waals surface area (Å²) >= 11 is 0. The van der Waals surface area contributed by atoms with Crippen molar-refractivity contribution in [3.63, 3.8) is 0 Å². The molecule has 0 saturated heterocycles. The topological polar surface area (TPSA) is 182 Å². The highest BCUT2D eigenvalue weighted by Gasteiger charge is 2.12. The molecule has 40 heavy (non-hydrogen) atoms. The minimum absolute atomic E-state index is 0.0254. The molecule has 4 N–H and O–H groups in total. The number of carbonyl (C=O) groups is 4. The predicted molar refractivity (Wildman–Crippen MR) is 146 cm³/mol. The first-order valence-corrected chi connectivity index (χ1v) is 10.9. The van der Waals surface area contributed by atoms with E-state index in [1.807, 2.05) is 30.0 Å². The molecule has 0 aromatic heterocycles. The van der Waals surface area contributed by atoms with E-state index in [2.05, 4.69) is 24.3 Å². The molecule has 218 valence electrons. The Labute approximate surface area is 232 Å². The highest BCUT2D eigenvalue weighted by Crippen LogP contribution is 2.18. The van der Waals surface area contributed by atoms with Crippen LogP contribution >= 0.6 is 0 Å². The lowest BCUT2D eigenvalue weighted by Crippen LogP contribution is -2.15. The molecule has 0 saturated carbocycles. The molecule has 2 rings (SSSR count). The Morgan fingerprint density at radius 2 is 1.25 bits per heavy atom. The zero-order chi connectivity index (χ0) is 30.9. The van der Waals surface area contributed by atoms with Crippen LogP contribution in [0.5, 0.6) is 11.5 Å². The summed E-state index contributed by atoms with van der Waals surface area (Å²) in [5.74, 6) is 2.37. The van der Waals surface area contributed by atoms with Gasteiger partial charge in [-0.2, -0.15) is 0 Å². The van der Waals surface area contributed by atoms with E-state index in [-0.39, 0.29) is 5.70 Å². The molecule has 0 amide bonds. The van der Waals surface area contributed by atoms with Gasteiger partial charge in [-0.3, -0.25) is 0 Å². The number of anilines is 2. The summed E-state index contributed by atoms with van der Waals surface area (Å²) in [5, 5.41) is 9.78. The summed E-state index contributed by atoms with van der Waals surface area (Å²) in [4.78, 5) is 43.2. The van der Waals surface area contributed by atoms with Crippen LogP contribution in [-0.2, 0) is 38.1 Å². The zero-order valence-electron chi connectivity index (χ0n) is 23.3. The number of ether oxygens (including phenoxy) is 6. The van der Waals surface area contributed by atoms with E-state index in [0.29, 0.717) is 11.4 Å². The standard InChI is InChI=1S/C13H15NO5.C7H9NO.C6H6O4.CH4O/c1-17-10-6-4-5-9(7-10)14-11(13(16)19-3)8-12(15)18-2;1-9-7-4-2-3-6(8)5-7;1-9-5(7)3-4-6(8)10-2;1-2/h4-8,14H,1-3H3;2-5H,8H2,1H3;1-2H3;2H,1H3/b11-8-;;;. The number of nitrogens with two attached hydrogens (primary N) is 1. The van der Waals surface area contributed by atoms with Crippen LogP contribution in [-0.4, -0.2) is 78.8 Å². The number of nitrogen functional groups attached to an aromatic ring is 1. The van der Waals surface area contributed by atoms with Crippen molar-refractivity contribution in [3.05, 3.63) is 60.3 Å². The largest absolute Gasteiger partial charge is 0.497 e. The van der Waals surface area contributed by atoms with Crippen molar-refractivity contribution < 1.29 is 52.7 Å². The van der Waals surface area contributed by atoms with Gasteiger partial charge in [0.1, 0.15) is 17.2 Å². The maximum absolute atomic E-state index is 11.5. The quantitative estimate of drug-likeness (QED) is 0.115. The lowest BCUT2D eigenvalue weighted by atomic mass is 10.2. The van der Waals surface area contributed by atoms with Crippen LogP contribution in [0, 0.1) is 11.8 Å².